The van der Waals surface area contributed by atoms with Crippen molar-refractivity contribution < 1.29 is 13.9 Å². The van der Waals surface area contributed by atoms with E-state index in [1.165, 1.54) is 12.0 Å². The highest BCUT2D eigenvalue weighted by atomic mass is 16.5. The molecule has 1 aromatic heterocycles. The lowest BCUT2D eigenvalue weighted by Gasteiger charge is -2.33. The van der Waals surface area contributed by atoms with E-state index in [0.717, 1.165) is 45.4 Å². The maximum absolute atomic E-state index is 11.7. The number of nitrogens with zero attached hydrogens (tertiary/aromatic N) is 3. The molecule has 7 heteroatoms. The molecule has 7 nitrogen and oxygen atoms in total. The lowest BCUT2D eigenvalue weighted by molar-refractivity contribution is 0.0795. The van der Waals surface area contributed by atoms with Crippen molar-refractivity contribution in [1.82, 2.24) is 20.4 Å². The molecule has 2 aliphatic rings. The summed E-state index contributed by atoms with van der Waals surface area (Å²) in [7, 11) is 1.64. The van der Waals surface area contributed by atoms with Crippen LogP contribution in [0.1, 0.15) is 72.0 Å². The second kappa shape index (κ2) is 8.19. The van der Waals surface area contributed by atoms with Gasteiger partial charge in [0.05, 0.1) is 6.04 Å². The van der Waals surface area contributed by atoms with Gasteiger partial charge in [0.2, 0.25) is 11.8 Å². The van der Waals surface area contributed by atoms with Crippen LogP contribution < -0.4 is 5.32 Å². The minimum Gasteiger partial charge on any atom is -0.421 e. The van der Waals surface area contributed by atoms with E-state index in [4.69, 9.17) is 9.15 Å². The number of ether oxygens (including phenoxy) is 1. The molecular formula is C20H26N4O3. The number of hydrogen-bond acceptors (Lipinski definition) is 6. The number of hydrogen-bond donors (Lipinski definition) is 1. The van der Waals surface area contributed by atoms with Gasteiger partial charge < -0.3 is 14.5 Å². The molecule has 0 unspecified atom stereocenters. The first-order chi connectivity index (χ1) is 13.2. The number of carbonyl (C=O) groups is 1. The predicted octanol–water partition coefficient (Wildman–Crippen LogP) is 3.01. The van der Waals surface area contributed by atoms with Crippen LogP contribution in [0.2, 0.25) is 0 Å². The van der Waals surface area contributed by atoms with Gasteiger partial charge in [-0.2, -0.15) is 0 Å². The van der Waals surface area contributed by atoms with E-state index in [0.29, 0.717) is 17.3 Å². The van der Waals surface area contributed by atoms with Crippen LogP contribution in [0, 0.1) is 0 Å². The predicted molar refractivity (Wildman–Crippen MR) is 99.1 cm³/mol. The lowest BCUT2D eigenvalue weighted by atomic mass is 10.0. The quantitative estimate of drug-likeness (QED) is 0.871. The largest absolute Gasteiger partial charge is 0.421 e. The van der Waals surface area contributed by atoms with Gasteiger partial charge in [-0.3, -0.25) is 9.69 Å². The maximum atomic E-state index is 11.7. The summed E-state index contributed by atoms with van der Waals surface area (Å²) in [6.45, 7) is 2.57. The number of carbonyl (C=O) groups excluding carboxylic acids is 1. The zero-order valence-electron chi connectivity index (χ0n) is 15.7. The number of benzene rings is 1. The zero-order valence-corrected chi connectivity index (χ0v) is 15.7. The van der Waals surface area contributed by atoms with E-state index >= 15 is 0 Å². The molecule has 2 atom stereocenters. The molecule has 0 spiro atoms. The Labute approximate surface area is 159 Å². The Morgan fingerprint density at radius 3 is 2.70 bits per heavy atom. The molecule has 0 aliphatic carbocycles. The van der Waals surface area contributed by atoms with Crippen molar-refractivity contribution in [2.75, 3.05) is 20.2 Å². The third-order valence-corrected chi connectivity index (χ3v) is 5.39. The fraction of sp³-hybridized carbons (Fsp3) is 0.550. The molecule has 1 amide bonds. The van der Waals surface area contributed by atoms with Crippen LogP contribution in [0.5, 0.6) is 0 Å². The van der Waals surface area contributed by atoms with E-state index in [9.17, 15) is 4.79 Å². The molecule has 0 radical (unpaired) electrons. The molecule has 3 heterocycles. The maximum Gasteiger partial charge on any atom is 0.251 e. The van der Waals surface area contributed by atoms with Crippen molar-refractivity contribution in [3.63, 3.8) is 0 Å². The standard InChI is InChI=1S/C20H26N4O3/c1-21-18(25)15-9-7-14(8-10-15)13-24-11-3-2-5-16(24)19-22-23-20(27-19)17-6-4-12-26-17/h7-10,16-17H,2-6,11-13H2,1H3,(H,21,25)/t16-,17+/m0/s1. The van der Waals surface area contributed by atoms with Crippen LogP contribution in [0.15, 0.2) is 28.7 Å². The van der Waals surface area contributed by atoms with Crippen LogP contribution in [0.25, 0.3) is 0 Å². The van der Waals surface area contributed by atoms with Crippen molar-refractivity contribution in [2.45, 2.75) is 50.8 Å². The molecular weight excluding hydrogens is 344 g/mol. The Bertz CT molecular complexity index is 768. The second-order valence-electron chi connectivity index (χ2n) is 7.24. The average Bonchev–Trinajstić information content (AvgIpc) is 3.40. The van der Waals surface area contributed by atoms with E-state index < -0.39 is 0 Å². The molecule has 2 fully saturated rings. The smallest absolute Gasteiger partial charge is 0.251 e. The van der Waals surface area contributed by atoms with Crippen molar-refractivity contribution >= 4 is 5.91 Å². The highest BCUT2D eigenvalue weighted by molar-refractivity contribution is 5.93. The lowest BCUT2D eigenvalue weighted by Crippen LogP contribution is -2.33. The molecule has 4 rings (SSSR count). The summed E-state index contributed by atoms with van der Waals surface area (Å²) in [4.78, 5) is 14.1. The zero-order chi connectivity index (χ0) is 18.6. The van der Waals surface area contributed by atoms with Crippen molar-refractivity contribution in [3.8, 4) is 0 Å². The van der Waals surface area contributed by atoms with E-state index in [1.54, 1.807) is 7.05 Å². The Morgan fingerprint density at radius 2 is 1.96 bits per heavy atom. The van der Waals surface area contributed by atoms with Gasteiger partial charge in [0.1, 0.15) is 6.10 Å². The number of amides is 1. The molecule has 1 N–H and O–H groups in total. The van der Waals surface area contributed by atoms with Gasteiger partial charge in [-0.1, -0.05) is 18.6 Å². The average molecular weight is 370 g/mol. The summed E-state index contributed by atoms with van der Waals surface area (Å²) in [6, 6.07) is 7.91. The minimum absolute atomic E-state index is 0.0412. The highest BCUT2D eigenvalue weighted by Gasteiger charge is 2.31. The summed E-state index contributed by atoms with van der Waals surface area (Å²) in [5.41, 5.74) is 1.85. The van der Waals surface area contributed by atoms with E-state index in [2.05, 4.69) is 20.4 Å². The fourth-order valence-electron chi connectivity index (χ4n) is 3.88. The van der Waals surface area contributed by atoms with Gasteiger partial charge in [-0.25, -0.2) is 0 Å². The number of aromatic nitrogens is 2. The van der Waals surface area contributed by atoms with Crippen LogP contribution in [0.4, 0.5) is 0 Å². The van der Waals surface area contributed by atoms with Gasteiger partial charge >= 0.3 is 0 Å². The van der Waals surface area contributed by atoms with Crippen molar-refractivity contribution in [2.24, 2.45) is 0 Å². The Kier molecular flexibility index (Phi) is 5.50. The van der Waals surface area contributed by atoms with E-state index in [1.807, 2.05) is 24.3 Å². The Morgan fingerprint density at radius 1 is 1.15 bits per heavy atom. The summed E-state index contributed by atoms with van der Waals surface area (Å²) in [5, 5.41) is 11.2. The van der Waals surface area contributed by atoms with Crippen LogP contribution >= 0.6 is 0 Å². The molecule has 2 aliphatic heterocycles. The van der Waals surface area contributed by atoms with Gasteiger partial charge in [-0.15, -0.1) is 10.2 Å². The first-order valence-electron chi connectivity index (χ1n) is 9.74. The fourth-order valence-corrected chi connectivity index (χ4v) is 3.88. The summed E-state index contributed by atoms with van der Waals surface area (Å²) in [5.74, 6) is 1.25. The van der Waals surface area contributed by atoms with Gasteiger partial charge in [0, 0.05) is 25.8 Å². The van der Waals surface area contributed by atoms with Crippen LogP contribution in [0.3, 0.4) is 0 Å². The van der Waals surface area contributed by atoms with Crippen LogP contribution in [-0.2, 0) is 11.3 Å². The number of likely N-dealkylation sites (tertiary alicyclic amines) is 1. The normalized spacial score (nSPS) is 23.4. The topological polar surface area (TPSA) is 80.5 Å². The minimum atomic E-state index is -0.0649. The van der Waals surface area contributed by atoms with Gasteiger partial charge in [-0.05, 0) is 49.9 Å². The van der Waals surface area contributed by atoms with Crippen molar-refractivity contribution in [1.29, 1.82) is 0 Å². The molecule has 1 aromatic carbocycles. The summed E-state index contributed by atoms with van der Waals surface area (Å²) >= 11 is 0. The number of nitrogens with one attached hydrogen (secondary N) is 1. The van der Waals surface area contributed by atoms with Crippen molar-refractivity contribution in [3.05, 3.63) is 47.2 Å². The summed E-state index contributed by atoms with van der Waals surface area (Å²) < 4.78 is 11.7. The van der Waals surface area contributed by atoms with Gasteiger partial charge in [0.25, 0.3) is 5.91 Å². The highest BCUT2D eigenvalue weighted by Crippen LogP contribution is 2.34. The first-order valence-corrected chi connectivity index (χ1v) is 9.74. The molecule has 144 valence electrons. The Balaban J connectivity index is 1.47. The summed E-state index contributed by atoms with van der Waals surface area (Å²) in [6.07, 6.45) is 5.30. The monoisotopic (exact) mass is 370 g/mol. The number of rotatable bonds is 5. The molecule has 0 bridgehead atoms. The number of piperidine rings is 1. The second-order valence-corrected chi connectivity index (χ2v) is 7.24. The van der Waals surface area contributed by atoms with Crippen LogP contribution in [-0.4, -0.2) is 41.2 Å². The molecule has 27 heavy (non-hydrogen) atoms. The Hall–Kier alpha value is -2.25. The molecule has 2 saturated heterocycles. The third kappa shape index (κ3) is 4.04. The third-order valence-electron chi connectivity index (χ3n) is 5.39. The molecule has 2 aromatic rings. The van der Waals surface area contributed by atoms with Gasteiger partial charge in [0.15, 0.2) is 0 Å². The first kappa shape index (κ1) is 18.1. The SMILES string of the molecule is CNC(=O)c1ccc(CN2CCCC[C@H]2c2nnc([C@H]3CCCO3)o2)cc1. The van der Waals surface area contributed by atoms with E-state index in [-0.39, 0.29) is 18.1 Å². The molecule has 0 saturated carbocycles.